The van der Waals surface area contributed by atoms with Crippen molar-refractivity contribution in [1.29, 1.82) is 0 Å². The number of amides is 2. The molecule has 2 aromatic heterocycles. The van der Waals surface area contributed by atoms with E-state index in [2.05, 4.69) is 27.4 Å². The van der Waals surface area contributed by atoms with E-state index in [0.29, 0.717) is 30.5 Å². The SMILES string of the molecule is O=C1CCc2cc(C=CC(=O)N3CC4C=C(c5cccnc5)CC4C3)cnc2N1. The normalized spacial score (nSPS) is 23.0. The molecule has 1 aliphatic carbocycles. The lowest BCUT2D eigenvalue weighted by molar-refractivity contribution is -0.125. The molecule has 2 unspecified atom stereocenters. The molecule has 146 valence electrons. The molecule has 0 spiro atoms. The van der Waals surface area contributed by atoms with Gasteiger partial charge in [-0.05, 0) is 65.1 Å². The van der Waals surface area contributed by atoms with Crippen molar-refractivity contribution in [1.82, 2.24) is 14.9 Å². The minimum Gasteiger partial charge on any atom is -0.338 e. The summed E-state index contributed by atoms with van der Waals surface area (Å²) in [5.74, 6) is 1.60. The maximum absolute atomic E-state index is 12.7. The lowest BCUT2D eigenvalue weighted by Gasteiger charge is -2.16. The molecule has 5 rings (SSSR count). The number of carbonyl (C=O) groups excluding carboxylic acids is 2. The average molecular weight is 386 g/mol. The number of rotatable bonds is 3. The maximum atomic E-state index is 12.7. The third-order valence-electron chi connectivity index (χ3n) is 6.02. The first-order valence-corrected chi connectivity index (χ1v) is 10.0. The molecular formula is C23H22N4O2. The Labute approximate surface area is 169 Å². The van der Waals surface area contributed by atoms with Gasteiger partial charge in [0, 0.05) is 44.2 Å². The predicted octanol–water partition coefficient (Wildman–Crippen LogP) is 2.94. The van der Waals surface area contributed by atoms with Crippen molar-refractivity contribution < 1.29 is 9.59 Å². The number of pyridine rings is 2. The summed E-state index contributed by atoms with van der Waals surface area (Å²) >= 11 is 0. The molecule has 1 saturated heterocycles. The van der Waals surface area contributed by atoms with Crippen LogP contribution in [0.5, 0.6) is 0 Å². The second-order valence-corrected chi connectivity index (χ2v) is 7.96. The van der Waals surface area contributed by atoms with Crippen LogP contribution in [0.3, 0.4) is 0 Å². The number of fused-ring (bicyclic) bond motifs is 2. The van der Waals surface area contributed by atoms with E-state index < -0.39 is 0 Å². The highest BCUT2D eigenvalue weighted by molar-refractivity contribution is 5.94. The number of nitrogens with one attached hydrogen (secondary N) is 1. The van der Waals surface area contributed by atoms with Crippen molar-refractivity contribution in [2.24, 2.45) is 11.8 Å². The first kappa shape index (κ1) is 17.8. The Balaban J connectivity index is 1.23. The largest absolute Gasteiger partial charge is 0.338 e. The van der Waals surface area contributed by atoms with E-state index in [0.717, 1.165) is 30.6 Å². The number of carbonyl (C=O) groups is 2. The van der Waals surface area contributed by atoms with Gasteiger partial charge in [0.2, 0.25) is 11.8 Å². The molecule has 29 heavy (non-hydrogen) atoms. The quantitative estimate of drug-likeness (QED) is 0.823. The Bertz CT molecular complexity index is 1030. The van der Waals surface area contributed by atoms with Crippen LogP contribution in [-0.2, 0) is 16.0 Å². The van der Waals surface area contributed by atoms with Gasteiger partial charge in [-0.1, -0.05) is 12.1 Å². The van der Waals surface area contributed by atoms with Gasteiger partial charge in [-0.25, -0.2) is 4.98 Å². The Kier molecular flexibility index (Phi) is 4.46. The number of hydrogen-bond donors (Lipinski definition) is 1. The van der Waals surface area contributed by atoms with E-state index in [-0.39, 0.29) is 11.8 Å². The van der Waals surface area contributed by atoms with E-state index in [1.807, 2.05) is 29.3 Å². The highest BCUT2D eigenvalue weighted by Crippen LogP contribution is 2.40. The summed E-state index contributed by atoms with van der Waals surface area (Å²) in [4.78, 5) is 34.6. The Morgan fingerprint density at radius 3 is 3.00 bits per heavy atom. The summed E-state index contributed by atoms with van der Waals surface area (Å²) in [6.45, 7) is 1.56. The van der Waals surface area contributed by atoms with Crippen molar-refractivity contribution in [2.45, 2.75) is 19.3 Å². The number of aromatic nitrogens is 2. The van der Waals surface area contributed by atoms with Crippen molar-refractivity contribution in [2.75, 3.05) is 18.4 Å². The van der Waals surface area contributed by atoms with Gasteiger partial charge in [-0.2, -0.15) is 0 Å². The fourth-order valence-electron chi connectivity index (χ4n) is 4.50. The molecule has 2 atom stereocenters. The van der Waals surface area contributed by atoms with Crippen LogP contribution in [0.4, 0.5) is 5.82 Å². The summed E-state index contributed by atoms with van der Waals surface area (Å²) in [6.07, 6.45) is 13.3. The van der Waals surface area contributed by atoms with Crippen LogP contribution in [0, 0.1) is 11.8 Å². The Morgan fingerprint density at radius 1 is 1.24 bits per heavy atom. The van der Waals surface area contributed by atoms with Crippen LogP contribution >= 0.6 is 0 Å². The number of anilines is 1. The van der Waals surface area contributed by atoms with Gasteiger partial charge in [0.25, 0.3) is 0 Å². The minimum absolute atomic E-state index is 0.00351. The van der Waals surface area contributed by atoms with Gasteiger partial charge >= 0.3 is 0 Å². The molecule has 0 saturated carbocycles. The van der Waals surface area contributed by atoms with Crippen molar-refractivity contribution >= 4 is 29.3 Å². The van der Waals surface area contributed by atoms with E-state index in [1.165, 1.54) is 11.1 Å². The first-order valence-electron chi connectivity index (χ1n) is 10.0. The smallest absolute Gasteiger partial charge is 0.246 e. The molecule has 0 radical (unpaired) electrons. The monoisotopic (exact) mass is 386 g/mol. The lowest BCUT2D eigenvalue weighted by Crippen LogP contribution is -2.27. The molecule has 0 aromatic carbocycles. The van der Waals surface area contributed by atoms with E-state index in [9.17, 15) is 9.59 Å². The van der Waals surface area contributed by atoms with Crippen molar-refractivity contribution in [3.8, 4) is 0 Å². The highest BCUT2D eigenvalue weighted by atomic mass is 16.2. The molecule has 6 heteroatoms. The van der Waals surface area contributed by atoms with Crippen LogP contribution in [0.2, 0.25) is 0 Å². The molecular weight excluding hydrogens is 364 g/mol. The van der Waals surface area contributed by atoms with Crippen molar-refractivity contribution in [3.05, 3.63) is 65.6 Å². The van der Waals surface area contributed by atoms with Crippen LogP contribution in [0.15, 0.2) is 48.9 Å². The van der Waals surface area contributed by atoms with E-state index in [4.69, 9.17) is 0 Å². The number of likely N-dealkylation sites (tertiary alicyclic amines) is 1. The third kappa shape index (κ3) is 3.58. The van der Waals surface area contributed by atoms with Crippen LogP contribution in [-0.4, -0.2) is 39.8 Å². The fourth-order valence-corrected chi connectivity index (χ4v) is 4.50. The molecule has 1 N–H and O–H groups in total. The second-order valence-electron chi connectivity index (χ2n) is 7.96. The van der Waals surface area contributed by atoms with E-state index in [1.54, 1.807) is 18.5 Å². The Morgan fingerprint density at radius 2 is 2.17 bits per heavy atom. The van der Waals surface area contributed by atoms with Crippen LogP contribution < -0.4 is 5.32 Å². The lowest BCUT2D eigenvalue weighted by atomic mass is 9.99. The average Bonchev–Trinajstić information content (AvgIpc) is 3.32. The summed E-state index contributed by atoms with van der Waals surface area (Å²) in [6, 6.07) is 6.06. The van der Waals surface area contributed by atoms with Crippen molar-refractivity contribution in [3.63, 3.8) is 0 Å². The first-order chi connectivity index (χ1) is 14.2. The maximum Gasteiger partial charge on any atom is 0.246 e. The second kappa shape index (κ2) is 7.28. The zero-order chi connectivity index (χ0) is 19.8. The molecule has 2 aromatic rings. The molecule has 6 nitrogen and oxygen atoms in total. The van der Waals surface area contributed by atoms with Gasteiger partial charge in [0.15, 0.2) is 0 Å². The number of aryl methyl sites for hydroxylation is 1. The van der Waals surface area contributed by atoms with Gasteiger partial charge in [0.05, 0.1) is 0 Å². The minimum atomic E-state index is 0.00351. The van der Waals surface area contributed by atoms with Gasteiger partial charge < -0.3 is 10.2 Å². The van der Waals surface area contributed by atoms with Gasteiger partial charge in [-0.3, -0.25) is 14.6 Å². The molecule has 2 amide bonds. The molecule has 2 aliphatic heterocycles. The van der Waals surface area contributed by atoms with E-state index >= 15 is 0 Å². The predicted molar refractivity (Wildman–Crippen MR) is 111 cm³/mol. The summed E-state index contributed by atoms with van der Waals surface area (Å²) in [5.41, 5.74) is 4.44. The van der Waals surface area contributed by atoms with Gasteiger partial charge in [-0.15, -0.1) is 0 Å². The fraction of sp³-hybridized carbons (Fsp3) is 0.304. The number of allylic oxidation sites excluding steroid dienone is 1. The standard InChI is InChI=1S/C23H22N4O2/c28-21-5-4-16-8-15(11-25-23(16)26-21)3-6-22(29)27-13-19-9-18(10-20(19)14-27)17-2-1-7-24-12-17/h1-3,6-9,11-12,19-20H,4-5,10,13-14H2,(H,25,26,28). The topological polar surface area (TPSA) is 75.2 Å². The highest BCUT2D eigenvalue weighted by Gasteiger charge is 2.37. The summed E-state index contributed by atoms with van der Waals surface area (Å²) in [7, 11) is 0. The zero-order valence-electron chi connectivity index (χ0n) is 16.0. The number of nitrogens with zero attached hydrogens (tertiary/aromatic N) is 3. The third-order valence-corrected chi connectivity index (χ3v) is 6.02. The zero-order valence-corrected chi connectivity index (χ0v) is 16.0. The Hall–Kier alpha value is -3.28. The molecule has 1 fully saturated rings. The summed E-state index contributed by atoms with van der Waals surface area (Å²) < 4.78 is 0. The van der Waals surface area contributed by atoms with Crippen LogP contribution in [0.25, 0.3) is 11.6 Å². The molecule has 4 heterocycles. The number of hydrogen-bond acceptors (Lipinski definition) is 4. The van der Waals surface area contributed by atoms with Crippen LogP contribution in [0.1, 0.15) is 29.5 Å². The van der Waals surface area contributed by atoms with Gasteiger partial charge in [0.1, 0.15) is 5.82 Å². The summed E-state index contributed by atoms with van der Waals surface area (Å²) in [5, 5.41) is 2.78. The molecule has 0 bridgehead atoms. The molecule has 3 aliphatic rings.